The third-order valence-corrected chi connectivity index (χ3v) is 1.58. The van der Waals surface area contributed by atoms with Crippen molar-refractivity contribution in [2.45, 2.75) is 6.42 Å². The van der Waals surface area contributed by atoms with Crippen LogP contribution in [0.3, 0.4) is 0 Å². The van der Waals surface area contributed by atoms with Crippen LogP contribution in [0.25, 0.3) is 0 Å². The van der Waals surface area contributed by atoms with Gasteiger partial charge in [-0.3, -0.25) is 4.79 Å². The van der Waals surface area contributed by atoms with Gasteiger partial charge in [-0.2, -0.15) is 0 Å². The fourth-order valence-corrected chi connectivity index (χ4v) is 1.04. The Kier molecular flexibility index (Phi) is 4.59. The normalized spacial score (nSPS) is 12.5. The van der Waals surface area contributed by atoms with E-state index in [1.165, 1.54) is 0 Å². The zero-order chi connectivity index (χ0) is 7.68. The van der Waals surface area contributed by atoms with Gasteiger partial charge in [-0.05, 0) is 12.1 Å². The van der Waals surface area contributed by atoms with Crippen molar-refractivity contribution in [2.75, 3.05) is 0 Å². The lowest BCUT2D eigenvalue weighted by Crippen LogP contribution is -2.04. The lowest BCUT2D eigenvalue weighted by molar-refractivity contribution is 0.100. The van der Waals surface area contributed by atoms with Crippen LogP contribution in [-0.2, 0) is 0 Å². The zero-order valence-electron chi connectivity index (χ0n) is 6.64. The molecule has 0 aromatic carbocycles. The van der Waals surface area contributed by atoms with E-state index >= 15 is 0 Å². The summed E-state index contributed by atoms with van der Waals surface area (Å²) in [7, 11) is 0. The first-order valence-corrected chi connectivity index (χ1v) is 3.38. The Morgan fingerprint density at radius 2 is 2.08 bits per heavy atom. The number of aliphatic imine (C=N–C) groups is 1. The molecule has 0 atom stereocenters. The van der Waals surface area contributed by atoms with Gasteiger partial charge in [0.25, 0.3) is 0 Å². The number of fused-ring (bicyclic) bond motifs is 1. The fraction of sp³-hybridized carbons (Fsp3) is 0.125. The minimum atomic E-state index is 0. The largest absolute Gasteiger partial charge is 0.294 e. The van der Waals surface area contributed by atoms with Gasteiger partial charge in [0.05, 0.1) is 5.56 Å². The highest BCUT2D eigenvalue weighted by Gasteiger charge is 2.13. The summed E-state index contributed by atoms with van der Waals surface area (Å²) in [5, 5.41) is 0. The van der Waals surface area contributed by atoms with Crippen molar-refractivity contribution in [2.24, 2.45) is 4.99 Å². The molecule has 0 unspecified atom stereocenters. The van der Waals surface area contributed by atoms with Crippen molar-refractivity contribution < 1.29 is 4.79 Å². The van der Waals surface area contributed by atoms with E-state index in [1.807, 2.05) is 0 Å². The van der Waals surface area contributed by atoms with Crippen LogP contribution in [-0.4, -0.2) is 17.0 Å². The molecule has 0 spiro atoms. The summed E-state index contributed by atoms with van der Waals surface area (Å²) in [4.78, 5) is 19.1. The first-order valence-electron chi connectivity index (χ1n) is 3.38. The van der Waals surface area contributed by atoms with Crippen LogP contribution in [0.15, 0.2) is 23.3 Å². The van der Waals surface area contributed by atoms with Crippen LogP contribution >= 0.6 is 24.8 Å². The minimum absolute atomic E-state index is 0. The van der Waals surface area contributed by atoms with Gasteiger partial charge in [0.2, 0.25) is 0 Å². The number of pyridine rings is 1. The highest BCUT2D eigenvalue weighted by molar-refractivity contribution is 6.09. The highest BCUT2D eigenvalue weighted by Crippen LogP contribution is 2.19. The first kappa shape index (κ1) is 12.1. The first-order chi connectivity index (χ1) is 5.38. The Labute approximate surface area is 88.1 Å². The maximum atomic E-state index is 11.2. The van der Waals surface area contributed by atoms with E-state index < -0.39 is 0 Å². The third-order valence-electron chi connectivity index (χ3n) is 1.58. The predicted octanol–water partition coefficient (Wildman–Crippen LogP) is 2.21. The van der Waals surface area contributed by atoms with Gasteiger partial charge in [-0.1, -0.05) is 0 Å². The van der Waals surface area contributed by atoms with Crippen molar-refractivity contribution in [3.8, 4) is 0 Å². The monoisotopic (exact) mass is 218 g/mol. The van der Waals surface area contributed by atoms with E-state index in [0.717, 1.165) is 0 Å². The summed E-state index contributed by atoms with van der Waals surface area (Å²) in [6.07, 6.45) is 3.63. The molecule has 5 heteroatoms. The molecule has 2 heterocycles. The van der Waals surface area contributed by atoms with Gasteiger partial charge in [0.1, 0.15) is 0 Å². The molecule has 2 rings (SSSR count). The summed E-state index contributed by atoms with van der Waals surface area (Å²) in [6.45, 7) is 0. The number of ketones is 1. The number of carbonyl (C=O) groups excluding carboxylic acids is 1. The molecule has 1 aromatic heterocycles. The molecule has 3 nitrogen and oxygen atoms in total. The Morgan fingerprint density at radius 3 is 2.77 bits per heavy atom. The fourth-order valence-electron chi connectivity index (χ4n) is 1.04. The predicted molar refractivity (Wildman–Crippen MR) is 55.8 cm³/mol. The lowest BCUT2D eigenvalue weighted by atomic mass is 10.1. The maximum absolute atomic E-state index is 11.2. The molecule has 70 valence electrons. The Balaban J connectivity index is 0.000000720. The minimum Gasteiger partial charge on any atom is -0.294 e. The summed E-state index contributed by atoms with van der Waals surface area (Å²) in [6, 6.07) is 3.50. The molecule has 0 amide bonds. The van der Waals surface area contributed by atoms with E-state index in [-0.39, 0.29) is 30.6 Å². The molecule has 13 heavy (non-hydrogen) atoms. The van der Waals surface area contributed by atoms with E-state index in [1.54, 1.807) is 24.5 Å². The van der Waals surface area contributed by atoms with Crippen LogP contribution in [0.1, 0.15) is 16.8 Å². The standard InChI is InChI=1S/C8H6N2O.2ClH/c11-7-3-5-10-8-6(7)2-1-4-9-8;;/h1-2,4-5H,3H2;2*1H. The van der Waals surface area contributed by atoms with E-state index in [9.17, 15) is 4.79 Å². The van der Waals surface area contributed by atoms with Crippen molar-refractivity contribution in [1.82, 2.24) is 4.98 Å². The van der Waals surface area contributed by atoms with E-state index in [0.29, 0.717) is 17.8 Å². The number of Topliss-reactive ketones (excluding diaryl/α,β-unsaturated/α-hetero) is 1. The zero-order valence-corrected chi connectivity index (χ0v) is 8.27. The van der Waals surface area contributed by atoms with Gasteiger partial charge in [0.15, 0.2) is 11.6 Å². The molecule has 0 saturated heterocycles. The van der Waals surface area contributed by atoms with Crippen LogP contribution in [0, 0.1) is 0 Å². The van der Waals surface area contributed by atoms with Crippen LogP contribution in [0.5, 0.6) is 0 Å². The maximum Gasteiger partial charge on any atom is 0.171 e. The molecule has 0 N–H and O–H groups in total. The van der Waals surface area contributed by atoms with Crippen molar-refractivity contribution in [1.29, 1.82) is 0 Å². The SMILES string of the molecule is Cl.Cl.O=C1CC=Nc2ncccc21. The second-order valence-corrected chi connectivity index (χ2v) is 2.31. The summed E-state index contributed by atoms with van der Waals surface area (Å²) < 4.78 is 0. The Hall–Kier alpha value is -0.930. The van der Waals surface area contributed by atoms with Gasteiger partial charge in [-0.15, -0.1) is 24.8 Å². The number of hydrogen-bond acceptors (Lipinski definition) is 3. The van der Waals surface area contributed by atoms with Gasteiger partial charge in [0, 0.05) is 18.8 Å². The number of nitrogens with zero attached hydrogens (tertiary/aromatic N) is 2. The van der Waals surface area contributed by atoms with Crippen LogP contribution in [0.4, 0.5) is 5.82 Å². The average molecular weight is 219 g/mol. The summed E-state index contributed by atoms with van der Waals surface area (Å²) in [5.41, 5.74) is 0.634. The van der Waals surface area contributed by atoms with Crippen LogP contribution < -0.4 is 0 Å². The second kappa shape index (κ2) is 4.94. The number of rotatable bonds is 0. The number of halogens is 2. The van der Waals surface area contributed by atoms with Crippen molar-refractivity contribution in [3.05, 3.63) is 23.9 Å². The van der Waals surface area contributed by atoms with Crippen molar-refractivity contribution in [3.63, 3.8) is 0 Å². The molecule has 0 bridgehead atoms. The van der Waals surface area contributed by atoms with Gasteiger partial charge >= 0.3 is 0 Å². The van der Waals surface area contributed by atoms with Gasteiger partial charge < -0.3 is 0 Å². The summed E-state index contributed by atoms with van der Waals surface area (Å²) >= 11 is 0. The van der Waals surface area contributed by atoms with E-state index in [4.69, 9.17) is 0 Å². The topological polar surface area (TPSA) is 42.3 Å². The molecule has 0 fully saturated rings. The number of hydrogen-bond donors (Lipinski definition) is 0. The molecule has 0 radical (unpaired) electrons. The average Bonchev–Trinajstić information content (AvgIpc) is 2.06. The molecule has 0 aliphatic carbocycles. The Bertz CT molecular complexity index is 339. The highest BCUT2D eigenvalue weighted by atomic mass is 35.5. The quantitative estimate of drug-likeness (QED) is 0.671. The lowest BCUT2D eigenvalue weighted by Gasteiger charge is -2.04. The molecule has 1 aliphatic rings. The summed E-state index contributed by atoms with van der Waals surface area (Å²) in [5.74, 6) is 0.645. The molecular weight excluding hydrogens is 211 g/mol. The molecule has 1 aliphatic heterocycles. The molecular formula is C8H8Cl2N2O. The molecule has 1 aromatic rings. The number of aromatic nitrogens is 1. The molecule has 0 saturated carbocycles. The van der Waals surface area contributed by atoms with Crippen molar-refractivity contribution >= 4 is 42.6 Å². The smallest absolute Gasteiger partial charge is 0.171 e. The van der Waals surface area contributed by atoms with E-state index in [2.05, 4.69) is 9.98 Å². The third kappa shape index (κ3) is 2.26. The Morgan fingerprint density at radius 1 is 1.31 bits per heavy atom. The second-order valence-electron chi connectivity index (χ2n) is 2.31. The van der Waals surface area contributed by atoms with Gasteiger partial charge in [-0.25, -0.2) is 9.98 Å². The van der Waals surface area contributed by atoms with Crippen LogP contribution in [0.2, 0.25) is 0 Å². The number of carbonyl (C=O) groups is 1.